The molecule has 0 unspecified atom stereocenters. The van der Waals surface area contributed by atoms with Crippen molar-refractivity contribution in [3.63, 3.8) is 0 Å². The molecule has 1 aliphatic heterocycles. The van der Waals surface area contributed by atoms with Gasteiger partial charge in [0, 0.05) is 12.8 Å². The lowest BCUT2D eigenvalue weighted by atomic mass is 10.1. The molecule has 21 heavy (non-hydrogen) atoms. The summed E-state index contributed by atoms with van der Waals surface area (Å²) in [5.41, 5.74) is 7.73. The Hall–Kier alpha value is -2.57. The van der Waals surface area contributed by atoms with Crippen LogP contribution in [0.4, 0.5) is 5.95 Å². The number of aromatic nitrogens is 3. The predicted octanol–water partition coefficient (Wildman–Crippen LogP) is 0.581. The molecule has 110 valence electrons. The van der Waals surface area contributed by atoms with E-state index in [2.05, 4.69) is 16.1 Å². The Bertz CT molecular complexity index is 653. The van der Waals surface area contributed by atoms with E-state index in [4.69, 9.17) is 15.2 Å². The molecule has 0 saturated heterocycles. The number of carbonyl (C=O) groups excluding carboxylic acids is 1. The first kappa shape index (κ1) is 13.4. The number of hydrogen-bond donors (Lipinski definition) is 1. The highest BCUT2D eigenvalue weighted by molar-refractivity contribution is 5.69. The number of anilines is 1. The molecular weight excluding hydrogens is 272 g/mol. The largest absolute Gasteiger partial charge is 0.493 e. The first-order valence-electron chi connectivity index (χ1n) is 6.76. The van der Waals surface area contributed by atoms with Gasteiger partial charge in [0.1, 0.15) is 18.6 Å². The van der Waals surface area contributed by atoms with Gasteiger partial charge in [-0.15, -0.1) is 5.10 Å². The van der Waals surface area contributed by atoms with Gasteiger partial charge in [-0.1, -0.05) is 12.1 Å². The van der Waals surface area contributed by atoms with Crippen molar-refractivity contribution < 1.29 is 14.3 Å². The van der Waals surface area contributed by atoms with E-state index >= 15 is 0 Å². The van der Waals surface area contributed by atoms with Crippen molar-refractivity contribution >= 4 is 11.9 Å². The van der Waals surface area contributed by atoms with Gasteiger partial charge in [-0.3, -0.25) is 4.79 Å². The van der Waals surface area contributed by atoms with E-state index in [9.17, 15) is 4.79 Å². The van der Waals surface area contributed by atoms with E-state index in [1.165, 1.54) is 16.6 Å². The third-order valence-electron chi connectivity index (χ3n) is 3.25. The predicted molar refractivity (Wildman–Crippen MR) is 74.7 cm³/mol. The number of nitrogens with zero attached hydrogens (tertiary/aromatic N) is 3. The maximum absolute atomic E-state index is 11.6. The van der Waals surface area contributed by atoms with E-state index in [0.717, 1.165) is 24.3 Å². The Morgan fingerprint density at radius 3 is 3.19 bits per heavy atom. The summed E-state index contributed by atoms with van der Waals surface area (Å²) in [5, 5.41) is 3.82. The maximum atomic E-state index is 11.6. The normalized spacial score (nSPS) is 12.8. The zero-order chi connectivity index (χ0) is 14.7. The van der Waals surface area contributed by atoms with Crippen LogP contribution in [0.15, 0.2) is 24.5 Å². The first-order valence-corrected chi connectivity index (χ1v) is 6.76. The molecule has 1 aliphatic rings. The Morgan fingerprint density at radius 2 is 2.38 bits per heavy atom. The molecule has 2 aromatic rings. The second-order valence-electron chi connectivity index (χ2n) is 4.81. The summed E-state index contributed by atoms with van der Waals surface area (Å²) in [5.74, 6) is 0.743. The number of carbonyl (C=O) groups is 1. The molecule has 1 aromatic carbocycles. The minimum Gasteiger partial charge on any atom is -0.493 e. The lowest BCUT2D eigenvalue weighted by Crippen LogP contribution is -2.15. The van der Waals surface area contributed by atoms with Crippen LogP contribution in [-0.4, -0.2) is 33.9 Å². The molecule has 0 bridgehead atoms. The molecule has 7 heteroatoms. The van der Waals surface area contributed by atoms with Crippen LogP contribution in [0.5, 0.6) is 5.75 Å². The van der Waals surface area contributed by atoms with Gasteiger partial charge in [0.25, 0.3) is 0 Å². The smallest absolute Gasteiger partial charge is 0.327 e. The summed E-state index contributed by atoms with van der Waals surface area (Å²) in [7, 11) is 0. The van der Waals surface area contributed by atoms with Crippen molar-refractivity contribution in [2.75, 3.05) is 18.9 Å². The van der Waals surface area contributed by atoms with Crippen molar-refractivity contribution in [3.05, 3.63) is 35.7 Å². The van der Waals surface area contributed by atoms with E-state index in [1.807, 2.05) is 12.1 Å². The molecule has 2 heterocycles. The number of ether oxygens (including phenoxy) is 2. The van der Waals surface area contributed by atoms with Crippen LogP contribution in [-0.2, 0) is 28.9 Å². The molecular formula is C14H16N4O3. The molecule has 0 radical (unpaired) electrons. The monoisotopic (exact) mass is 288 g/mol. The van der Waals surface area contributed by atoms with E-state index in [1.54, 1.807) is 0 Å². The summed E-state index contributed by atoms with van der Waals surface area (Å²) in [6, 6.07) is 6.07. The zero-order valence-corrected chi connectivity index (χ0v) is 11.5. The summed E-state index contributed by atoms with van der Waals surface area (Å²) < 4.78 is 12.0. The maximum Gasteiger partial charge on any atom is 0.327 e. The number of esters is 1. The highest BCUT2D eigenvalue weighted by Gasteiger charge is 2.12. The third kappa shape index (κ3) is 3.31. The van der Waals surface area contributed by atoms with Crippen molar-refractivity contribution in [2.45, 2.75) is 19.4 Å². The van der Waals surface area contributed by atoms with E-state index < -0.39 is 0 Å². The van der Waals surface area contributed by atoms with Gasteiger partial charge < -0.3 is 15.2 Å². The standard InChI is InChI=1S/C14H16N4O3/c15-14-16-9-18(17-14)8-13(19)21-5-3-10-1-2-12-11(7-10)4-6-20-12/h1-2,7,9H,3-6,8H2,(H2,15,17). The topological polar surface area (TPSA) is 92.3 Å². The highest BCUT2D eigenvalue weighted by Crippen LogP contribution is 2.25. The van der Waals surface area contributed by atoms with Crippen LogP contribution < -0.4 is 10.5 Å². The summed E-state index contributed by atoms with van der Waals surface area (Å²) >= 11 is 0. The van der Waals surface area contributed by atoms with Crippen LogP contribution >= 0.6 is 0 Å². The lowest BCUT2D eigenvalue weighted by Gasteiger charge is -2.06. The average Bonchev–Trinajstić information content (AvgIpc) is 3.07. The number of fused-ring (bicyclic) bond motifs is 1. The summed E-state index contributed by atoms with van der Waals surface area (Å²) in [6.07, 6.45) is 3.02. The number of benzene rings is 1. The quantitative estimate of drug-likeness (QED) is 0.809. The minimum absolute atomic E-state index is 0.0161. The van der Waals surface area contributed by atoms with Crippen molar-refractivity contribution in [1.82, 2.24) is 14.8 Å². The van der Waals surface area contributed by atoms with E-state index in [-0.39, 0.29) is 18.5 Å². The first-order chi connectivity index (χ1) is 10.2. The highest BCUT2D eigenvalue weighted by atomic mass is 16.5. The number of nitrogens with two attached hydrogens (primary N) is 1. The van der Waals surface area contributed by atoms with Crippen LogP contribution in [0.25, 0.3) is 0 Å². The van der Waals surface area contributed by atoms with Crippen molar-refractivity contribution in [2.24, 2.45) is 0 Å². The van der Waals surface area contributed by atoms with Gasteiger partial charge in [-0.2, -0.15) is 0 Å². The fraction of sp³-hybridized carbons (Fsp3) is 0.357. The van der Waals surface area contributed by atoms with Gasteiger partial charge in [0.2, 0.25) is 5.95 Å². The Morgan fingerprint density at radius 1 is 1.48 bits per heavy atom. The molecule has 7 nitrogen and oxygen atoms in total. The second kappa shape index (κ2) is 5.82. The Balaban J connectivity index is 1.46. The fourth-order valence-corrected chi connectivity index (χ4v) is 2.24. The van der Waals surface area contributed by atoms with Gasteiger partial charge in [-0.25, -0.2) is 9.67 Å². The van der Waals surface area contributed by atoms with Crippen LogP contribution in [0.1, 0.15) is 11.1 Å². The molecule has 0 fully saturated rings. The van der Waals surface area contributed by atoms with Gasteiger partial charge in [0.05, 0.1) is 13.2 Å². The number of rotatable bonds is 5. The summed E-state index contributed by atoms with van der Waals surface area (Å²) in [6.45, 7) is 1.10. The lowest BCUT2D eigenvalue weighted by molar-refractivity contribution is -0.144. The SMILES string of the molecule is Nc1ncn(CC(=O)OCCc2ccc3c(c2)CCO3)n1. The van der Waals surface area contributed by atoms with Crippen LogP contribution in [0, 0.1) is 0 Å². The van der Waals surface area contributed by atoms with Crippen molar-refractivity contribution in [3.8, 4) is 5.75 Å². The molecule has 0 spiro atoms. The Labute approximate surface area is 121 Å². The number of nitrogen functional groups attached to an aromatic ring is 1. The zero-order valence-electron chi connectivity index (χ0n) is 11.5. The minimum atomic E-state index is -0.357. The Kier molecular flexibility index (Phi) is 3.72. The second-order valence-corrected chi connectivity index (χ2v) is 4.81. The van der Waals surface area contributed by atoms with Crippen LogP contribution in [0.3, 0.4) is 0 Å². The summed E-state index contributed by atoms with van der Waals surface area (Å²) in [4.78, 5) is 15.4. The molecule has 0 saturated carbocycles. The third-order valence-corrected chi connectivity index (χ3v) is 3.25. The van der Waals surface area contributed by atoms with E-state index in [0.29, 0.717) is 13.0 Å². The van der Waals surface area contributed by atoms with Crippen molar-refractivity contribution in [1.29, 1.82) is 0 Å². The molecule has 0 aliphatic carbocycles. The van der Waals surface area contributed by atoms with Gasteiger partial charge in [-0.05, 0) is 17.2 Å². The average molecular weight is 288 g/mol. The number of hydrogen-bond acceptors (Lipinski definition) is 6. The van der Waals surface area contributed by atoms with Gasteiger partial charge in [0.15, 0.2) is 0 Å². The van der Waals surface area contributed by atoms with Gasteiger partial charge >= 0.3 is 5.97 Å². The molecule has 2 N–H and O–H groups in total. The van der Waals surface area contributed by atoms with Crippen LogP contribution in [0.2, 0.25) is 0 Å². The fourth-order valence-electron chi connectivity index (χ4n) is 2.24. The molecule has 3 rings (SSSR count). The molecule has 0 amide bonds. The molecule has 1 aromatic heterocycles. The molecule has 0 atom stereocenters.